The van der Waals surface area contributed by atoms with Gasteiger partial charge in [0.2, 0.25) is 0 Å². The van der Waals surface area contributed by atoms with Gasteiger partial charge < -0.3 is 0 Å². The third kappa shape index (κ3) is 2.41. The predicted octanol–water partition coefficient (Wildman–Crippen LogP) is 3.78. The highest BCUT2D eigenvalue weighted by molar-refractivity contribution is 7.92. The second-order valence-corrected chi connectivity index (χ2v) is 9.10. The fourth-order valence-electron chi connectivity index (χ4n) is 4.20. The largest absolute Gasteiger partial charge is 0.273 e. The molecule has 6 nitrogen and oxygen atoms in total. The van der Waals surface area contributed by atoms with Gasteiger partial charge >= 0.3 is 0 Å². The minimum absolute atomic E-state index is 0.147. The number of sulfonamides is 1. The molecule has 27 heavy (non-hydrogen) atoms. The van der Waals surface area contributed by atoms with E-state index in [1.165, 1.54) is 4.31 Å². The fraction of sp³-hybridized carbons (Fsp3) is 0.300. The first-order chi connectivity index (χ1) is 12.8. The Hall–Kier alpha value is -2.67. The molecule has 0 saturated heterocycles. The first-order valence-electron chi connectivity index (χ1n) is 8.79. The van der Waals surface area contributed by atoms with Crippen LogP contribution in [0, 0.1) is 17.0 Å². The van der Waals surface area contributed by atoms with Crippen LogP contribution in [-0.4, -0.2) is 19.4 Å². The van der Waals surface area contributed by atoms with Crippen molar-refractivity contribution in [2.45, 2.75) is 43.2 Å². The lowest BCUT2D eigenvalue weighted by Crippen LogP contribution is -2.52. The zero-order chi connectivity index (χ0) is 19.4. The van der Waals surface area contributed by atoms with Crippen molar-refractivity contribution in [2.24, 2.45) is 0 Å². The molecule has 2 aromatic rings. The second-order valence-electron chi connectivity index (χ2n) is 7.29. The van der Waals surface area contributed by atoms with Gasteiger partial charge in [0.15, 0.2) is 0 Å². The molecule has 0 unspecified atom stereocenters. The van der Waals surface area contributed by atoms with E-state index >= 15 is 0 Å². The van der Waals surface area contributed by atoms with Crippen LogP contribution in [0.3, 0.4) is 0 Å². The summed E-state index contributed by atoms with van der Waals surface area (Å²) in [5, 5.41) is 12.2. The highest BCUT2D eigenvalue weighted by Crippen LogP contribution is 2.53. The number of nitro groups is 1. The Bertz CT molecular complexity index is 1060. The molecule has 0 radical (unpaired) electrons. The quantitative estimate of drug-likeness (QED) is 0.458. The number of fused-ring (bicyclic) bond motifs is 3. The lowest BCUT2D eigenvalue weighted by Gasteiger charge is -2.35. The molecule has 1 aliphatic carbocycles. The number of para-hydroxylation sites is 1. The fourth-order valence-corrected chi connectivity index (χ4v) is 5.91. The highest BCUT2D eigenvalue weighted by atomic mass is 32.2. The molecule has 0 aromatic heterocycles. The topological polar surface area (TPSA) is 80.5 Å². The summed E-state index contributed by atoms with van der Waals surface area (Å²) in [5.74, 6) is 0. The minimum Gasteiger partial charge on any atom is -0.263 e. The highest BCUT2D eigenvalue weighted by Gasteiger charge is 2.63. The third-order valence-corrected chi connectivity index (χ3v) is 7.46. The third-order valence-electron chi connectivity index (χ3n) is 5.62. The monoisotopic (exact) mass is 384 g/mol. The molecular formula is C20H20N2O4S. The normalized spacial score (nSPS) is 24.1. The van der Waals surface area contributed by atoms with Gasteiger partial charge in [0, 0.05) is 11.3 Å². The van der Waals surface area contributed by atoms with Crippen molar-refractivity contribution in [1.82, 2.24) is 0 Å². The molecule has 2 aromatic carbocycles. The number of nitrogens with zero attached hydrogens (tertiary/aromatic N) is 2. The molecule has 1 aliphatic heterocycles. The maximum atomic E-state index is 13.5. The molecule has 1 heterocycles. The van der Waals surface area contributed by atoms with Crippen LogP contribution in [0.1, 0.15) is 30.9 Å². The minimum atomic E-state index is -3.93. The Morgan fingerprint density at radius 2 is 1.78 bits per heavy atom. The number of hydrogen-bond donors (Lipinski definition) is 0. The van der Waals surface area contributed by atoms with Gasteiger partial charge in [0.1, 0.15) is 6.04 Å². The summed E-state index contributed by atoms with van der Waals surface area (Å²) in [6.45, 7) is 3.78. The van der Waals surface area contributed by atoms with E-state index in [1.54, 1.807) is 48.5 Å². The smallest absolute Gasteiger partial charge is 0.263 e. The van der Waals surface area contributed by atoms with Crippen molar-refractivity contribution in [2.75, 3.05) is 4.31 Å². The molecule has 4 rings (SSSR count). The number of anilines is 1. The van der Waals surface area contributed by atoms with Crippen LogP contribution in [0.15, 0.2) is 65.1 Å². The van der Waals surface area contributed by atoms with Gasteiger partial charge in [0.25, 0.3) is 15.6 Å². The van der Waals surface area contributed by atoms with Gasteiger partial charge in [-0.05, 0) is 44.5 Å². The summed E-state index contributed by atoms with van der Waals surface area (Å²) in [5.41, 5.74) is 1.34. The molecule has 0 amide bonds. The van der Waals surface area contributed by atoms with E-state index in [0.29, 0.717) is 17.7 Å². The predicted molar refractivity (Wildman–Crippen MR) is 103 cm³/mol. The summed E-state index contributed by atoms with van der Waals surface area (Å²) in [6, 6.07) is 12.6. The second kappa shape index (κ2) is 5.92. The number of rotatable bonds is 3. The molecule has 0 bridgehead atoms. The van der Waals surface area contributed by atoms with Crippen LogP contribution in [0.25, 0.3) is 0 Å². The molecule has 0 saturated carbocycles. The Balaban J connectivity index is 1.97. The van der Waals surface area contributed by atoms with E-state index in [-0.39, 0.29) is 16.2 Å². The average Bonchev–Trinajstić information content (AvgIpc) is 2.93. The van der Waals surface area contributed by atoms with Crippen LogP contribution >= 0.6 is 0 Å². The van der Waals surface area contributed by atoms with E-state index < -0.39 is 21.6 Å². The Morgan fingerprint density at radius 3 is 2.44 bits per heavy atom. The molecule has 0 N–H and O–H groups in total. The molecule has 7 heteroatoms. The maximum Gasteiger partial charge on any atom is 0.273 e. The van der Waals surface area contributed by atoms with Crippen molar-refractivity contribution in [3.05, 3.63) is 81.4 Å². The van der Waals surface area contributed by atoms with Crippen molar-refractivity contribution < 1.29 is 13.3 Å². The lowest BCUT2D eigenvalue weighted by molar-refractivity contribution is -0.581. The zero-order valence-corrected chi connectivity index (χ0v) is 15.9. The number of hydrogen-bond acceptors (Lipinski definition) is 4. The van der Waals surface area contributed by atoms with Crippen LogP contribution in [-0.2, 0) is 15.6 Å². The summed E-state index contributed by atoms with van der Waals surface area (Å²) in [4.78, 5) is 12.1. The average molecular weight is 384 g/mol. The van der Waals surface area contributed by atoms with E-state index in [4.69, 9.17) is 0 Å². The van der Waals surface area contributed by atoms with Crippen molar-refractivity contribution >= 4 is 15.7 Å². The van der Waals surface area contributed by atoms with Gasteiger partial charge in [-0.15, -0.1) is 0 Å². The van der Waals surface area contributed by atoms with Crippen molar-refractivity contribution in [3.63, 3.8) is 0 Å². The Labute approximate surface area is 158 Å². The van der Waals surface area contributed by atoms with E-state index in [9.17, 15) is 18.5 Å². The standard InChI is InChI=1S/C20H20N2O4S/c1-14-7-9-16(10-8-14)27(25,26)21-18-6-4-3-5-17(18)20(22(23)24)12-11-15(2)13-19(20)21/h3-11,19H,12-13H2,1-2H3/t19-,20+/m0/s1. The molecule has 2 aliphatic rings. The maximum absolute atomic E-state index is 13.5. The van der Waals surface area contributed by atoms with Gasteiger partial charge in [-0.25, -0.2) is 8.42 Å². The van der Waals surface area contributed by atoms with Crippen LogP contribution in [0.4, 0.5) is 5.69 Å². The van der Waals surface area contributed by atoms with Gasteiger partial charge in [0.05, 0.1) is 16.1 Å². The van der Waals surface area contributed by atoms with E-state index in [0.717, 1.165) is 11.1 Å². The molecule has 140 valence electrons. The lowest BCUT2D eigenvalue weighted by atomic mass is 9.77. The summed E-state index contributed by atoms with van der Waals surface area (Å²) >= 11 is 0. The number of aryl methyl sites for hydroxylation is 1. The Kier molecular flexibility index (Phi) is 3.89. The van der Waals surface area contributed by atoms with E-state index in [2.05, 4.69) is 0 Å². The summed E-state index contributed by atoms with van der Waals surface area (Å²) in [7, 11) is -3.93. The van der Waals surface area contributed by atoms with Gasteiger partial charge in [-0.3, -0.25) is 14.4 Å². The van der Waals surface area contributed by atoms with Crippen LogP contribution in [0.5, 0.6) is 0 Å². The summed E-state index contributed by atoms with van der Waals surface area (Å²) < 4.78 is 28.3. The zero-order valence-electron chi connectivity index (χ0n) is 15.1. The first-order valence-corrected chi connectivity index (χ1v) is 10.2. The van der Waals surface area contributed by atoms with Gasteiger partial charge in [-0.1, -0.05) is 41.5 Å². The molecular weight excluding hydrogens is 364 g/mol. The Morgan fingerprint density at radius 1 is 1.11 bits per heavy atom. The van der Waals surface area contributed by atoms with Crippen LogP contribution < -0.4 is 4.31 Å². The summed E-state index contributed by atoms with van der Waals surface area (Å²) in [6.07, 6.45) is 2.38. The number of benzene rings is 2. The molecule has 2 atom stereocenters. The SMILES string of the molecule is CC1=CC[C@@]2([N+](=O)[O-])c3ccccc3N(S(=O)(=O)c3ccc(C)cc3)[C@H]2C1. The van der Waals surface area contributed by atoms with Crippen LogP contribution in [0.2, 0.25) is 0 Å². The first kappa shape index (κ1) is 17.7. The molecule has 0 spiro atoms. The van der Waals surface area contributed by atoms with Gasteiger partial charge in [-0.2, -0.15) is 0 Å². The molecule has 0 fully saturated rings. The van der Waals surface area contributed by atoms with E-state index in [1.807, 2.05) is 19.9 Å². The van der Waals surface area contributed by atoms with Crippen molar-refractivity contribution in [1.29, 1.82) is 0 Å². The van der Waals surface area contributed by atoms with Crippen molar-refractivity contribution in [3.8, 4) is 0 Å².